The van der Waals surface area contributed by atoms with Gasteiger partial charge in [-0.1, -0.05) is 54.2 Å². The number of para-hydroxylation sites is 1. The molecule has 0 atom stereocenters. The van der Waals surface area contributed by atoms with Gasteiger partial charge < -0.3 is 10.2 Å². The van der Waals surface area contributed by atoms with E-state index in [9.17, 15) is 9.59 Å². The Balaban J connectivity index is 1.60. The first-order valence-corrected chi connectivity index (χ1v) is 12.8. The van der Waals surface area contributed by atoms with Crippen molar-refractivity contribution >= 4 is 57.4 Å². The quantitative estimate of drug-likeness (QED) is 0.337. The molecule has 0 unspecified atom stereocenters. The normalized spacial score (nSPS) is 18.4. The molecular formula is C27H24N4O2S2. The molecule has 176 valence electrons. The zero-order valence-corrected chi connectivity index (χ0v) is 21.2. The summed E-state index contributed by atoms with van der Waals surface area (Å²) in [5, 5.41) is 4.63. The van der Waals surface area contributed by atoms with E-state index < -0.39 is 0 Å². The molecule has 35 heavy (non-hydrogen) atoms. The van der Waals surface area contributed by atoms with Gasteiger partial charge in [0, 0.05) is 24.6 Å². The summed E-state index contributed by atoms with van der Waals surface area (Å²) in [6.07, 6.45) is 0. The van der Waals surface area contributed by atoms with Crippen molar-refractivity contribution in [1.29, 1.82) is 0 Å². The summed E-state index contributed by atoms with van der Waals surface area (Å²) in [6, 6.07) is 23.4. The smallest absolute Gasteiger partial charge is 0.269 e. The number of fused-ring (bicyclic) bond motifs is 1. The number of carbonyl (C=O) groups is 2. The van der Waals surface area contributed by atoms with E-state index in [4.69, 9.17) is 4.99 Å². The molecule has 0 spiro atoms. The third-order valence-corrected chi connectivity index (χ3v) is 8.30. The lowest BCUT2D eigenvalue weighted by molar-refractivity contribution is -0.122. The van der Waals surface area contributed by atoms with Crippen molar-refractivity contribution in [2.45, 2.75) is 18.4 Å². The van der Waals surface area contributed by atoms with E-state index in [-0.39, 0.29) is 11.7 Å². The van der Waals surface area contributed by atoms with Crippen molar-refractivity contribution in [2.24, 2.45) is 4.99 Å². The van der Waals surface area contributed by atoms with Crippen LogP contribution in [0.2, 0.25) is 0 Å². The van der Waals surface area contributed by atoms with Crippen molar-refractivity contribution in [3.8, 4) is 0 Å². The number of nitrogens with one attached hydrogen (secondary N) is 1. The molecule has 1 amide bonds. The second-order valence-electron chi connectivity index (χ2n) is 8.17. The molecule has 0 aliphatic carbocycles. The van der Waals surface area contributed by atoms with Gasteiger partial charge in [0.25, 0.3) is 5.91 Å². The highest BCUT2D eigenvalue weighted by Gasteiger charge is 2.39. The molecule has 6 nitrogen and oxygen atoms in total. The molecule has 2 heterocycles. The minimum absolute atomic E-state index is 0.0325. The molecule has 1 saturated heterocycles. The number of carbonyl (C=O) groups excluding carboxylic acids is 2. The average Bonchev–Trinajstić information content (AvgIpc) is 3.36. The lowest BCUT2D eigenvalue weighted by Crippen LogP contribution is -2.29. The largest absolute Gasteiger partial charge is 0.386 e. The number of nitrogens with zero attached hydrogens (tertiary/aromatic N) is 3. The monoisotopic (exact) mass is 500 g/mol. The highest BCUT2D eigenvalue weighted by Crippen LogP contribution is 2.50. The van der Waals surface area contributed by atoms with E-state index in [0.29, 0.717) is 27.9 Å². The highest BCUT2D eigenvalue weighted by molar-refractivity contribution is 8.19. The van der Waals surface area contributed by atoms with E-state index >= 15 is 0 Å². The van der Waals surface area contributed by atoms with Gasteiger partial charge in [0.05, 0.1) is 28.6 Å². The van der Waals surface area contributed by atoms with Crippen molar-refractivity contribution in [2.75, 3.05) is 24.3 Å². The number of aliphatic imine (C=N–C) groups is 1. The van der Waals surface area contributed by atoms with Gasteiger partial charge in [-0.15, -0.1) is 0 Å². The van der Waals surface area contributed by atoms with Gasteiger partial charge in [0.15, 0.2) is 11.0 Å². The van der Waals surface area contributed by atoms with Crippen LogP contribution in [0.3, 0.4) is 0 Å². The van der Waals surface area contributed by atoms with Crippen LogP contribution >= 0.6 is 23.5 Å². The van der Waals surface area contributed by atoms with E-state index in [1.54, 1.807) is 28.8 Å². The van der Waals surface area contributed by atoms with E-state index in [0.717, 1.165) is 26.9 Å². The van der Waals surface area contributed by atoms with Gasteiger partial charge in [0.1, 0.15) is 4.91 Å². The summed E-state index contributed by atoms with van der Waals surface area (Å²) in [6.45, 7) is 1.94. The fraction of sp³-hybridized carbons (Fsp3) is 0.148. The van der Waals surface area contributed by atoms with Crippen LogP contribution < -0.4 is 10.2 Å². The third kappa shape index (κ3) is 4.47. The number of Topliss-reactive ketones (excluding diaryl/α,β-unsaturated/α-hetero) is 1. The average molecular weight is 501 g/mol. The Hall–Kier alpha value is -3.49. The highest BCUT2D eigenvalue weighted by atomic mass is 32.2. The number of thioether (sulfide) groups is 2. The van der Waals surface area contributed by atoms with Crippen LogP contribution in [-0.2, 0) is 11.3 Å². The molecule has 3 aromatic carbocycles. The molecule has 1 fully saturated rings. The van der Waals surface area contributed by atoms with Gasteiger partial charge in [-0.05, 0) is 54.6 Å². The summed E-state index contributed by atoms with van der Waals surface area (Å²) in [7, 11) is 3.80. The first-order chi connectivity index (χ1) is 17.0. The number of ketones is 1. The Morgan fingerprint density at radius 1 is 1.00 bits per heavy atom. The Morgan fingerprint density at radius 3 is 2.46 bits per heavy atom. The summed E-state index contributed by atoms with van der Waals surface area (Å²) in [5.74, 6) is -0.108. The molecule has 0 saturated carbocycles. The second kappa shape index (κ2) is 9.64. The SMILES string of the molecule is CNc1ccc(C(C)=O)cc1N=C1S/C(=C2/Sc3ccccc3N2C)C(=O)N1Cc1ccccc1. The van der Waals surface area contributed by atoms with Gasteiger partial charge in [0.2, 0.25) is 0 Å². The van der Waals surface area contributed by atoms with Gasteiger partial charge in [-0.3, -0.25) is 14.5 Å². The second-order valence-corrected chi connectivity index (χ2v) is 10.2. The summed E-state index contributed by atoms with van der Waals surface area (Å²) < 4.78 is 0. The van der Waals surface area contributed by atoms with Crippen molar-refractivity contribution in [3.63, 3.8) is 0 Å². The molecule has 3 aromatic rings. The standard InChI is InChI=1S/C27H24N4O2S2/c1-17(32)19-13-14-20(28-2)21(15-19)29-27-31(16-18-9-5-4-6-10-18)25(33)24(35-27)26-30(3)22-11-7-8-12-23(22)34-26/h4-15,28H,16H2,1-3H3/b26-24+,29-27?. The molecule has 5 rings (SSSR count). The molecule has 8 heteroatoms. The van der Waals surface area contributed by atoms with E-state index in [1.807, 2.05) is 62.6 Å². The maximum atomic E-state index is 13.8. The Kier molecular flexibility index (Phi) is 6.40. The summed E-state index contributed by atoms with van der Waals surface area (Å²) >= 11 is 2.98. The van der Waals surface area contributed by atoms with Crippen LogP contribution in [0.15, 0.2) is 92.6 Å². The fourth-order valence-corrected chi connectivity index (χ4v) is 6.32. The van der Waals surface area contributed by atoms with Gasteiger partial charge in [-0.2, -0.15) is 0 Å². The van der Waals surface area contributed by atoms with Crippen LogP contribution in [-0.4, -0.2) is 35.9 Å². The van der Waals surface area contributed by atoms with Crippen LogP contribution in [0, 0.1) is 0 Å². The maximum Gasteiger partial charge on any atom is 0.269 e. The number of hydrogen-bond donors (Lipinski definition) is 1. The molecule has 0 radical (unpaired) electrons. The Morgan fingerprint density at radius 2 is 1.74 bits per heavy atom. The molecule has 2 aliphatic rings. The van der Waals surface area contributed by atoms with Gasteiger partial charge in [-0.25, -0.2) is 4.99 Å². The molecular weight excluding hydrogens is 476 g/mol. The summed E-state index contributed by atoms with van der Waals surface area (Å²) in [5.41, 5.74) is 4.08. The van der Waals surface area contributed by atoms with Crippen LogP contribution in [0.5, 0.6) is 0 Å². The van der Waals surface area contributed by atoms with E-state index in [2.05, 4.69) is 22.3 Å². The first kappa shape index (κ1) is 23.3. The van der Waals surface area contributed by atoms with E-state index in [1.165, 1.54) is 18.7 Å². The topological polar surface area (TPSA) is 65.0 Å². The zero-order valence-electron chi connectivity index (χ0n) is 19.6. The third-order valence-electron chi connectivity index (χ3n) is 5.87. The predicted octanol–water partition coefficient (Wildman–Crippen LogP) is 6.11. The van der Waals surface area contributed by atoms with Gasteiger partial charge >= 0.3 is 0 Å². The fourth-order valence-electron chi connectivity index (χ4n) is 3.98. The first-order valence-electron chi connectivity index (χ1n) is 11.2. The summed E-state index contributed by atoms with van der Waals surface area (Å²) in [4.78, 5) is 36.3. The number of amides is 1. The lowest BCUT2D eigenvalue weighted by Gasteiger charge is -2.17. The molecule has 2 aliphatic heterocycles. The minimum Gasteiger partial charge on any atom is -0.386 e. The zero-order chi connectivity index (χ0) is 24.5. The Bertz CT molecular complexity index is 1380. The van der Waals surface area contributed by atoms with Crippen molar-refractivity contribution in [3.05, 3.63) is 93.9 Å². The number of amidine groups is 1. The Labute approximate surface area is 213 Å². The molecule has 0 aromatic heterocycles. The van der Waals surface area contributed by atoms with Crippen molar-refractivity contribution in [1.82, 2.24) is 4.90 Å². The maximum absolute atomic E-state index is 13.8. The predicted molar refractivity (Wildman–Crippen MR) is 145 cm³/mol. The van der Waals surface area contributed by atoms with Crippen molar-refractivity contribution < 1.29 is 9.59 Å². The number of rotatable bonds is 5. The number of benzene rings is 3. The molecule has 1 N–H and O–H groups in total. The molecule has 0 bridgehead atoms. The number of hydrogen-bond acceptors (Lipinski definition) is 7. The minimum atomic E-state index is -0.0755. The lowest BCUT2D eigenvalue weighted by atomic mass is 10.1. The number of anilines is 2. The van der Waals surface area contributed by atoms with Crippen LogP contribution in [0.1, 0.15) is 22.8 Å². The van der Waals surface area contributed by atoms with Crippen LogP contribution in [0.4, 0.5) is 17.1 Å². The van der Waals surface area contributed by atoms with Crippen LogP contribution in [0.25, 0.3) is 0 Å².